The van der Waals surface area contributed by atoms with Crippen LogP contribution in [0.3, 0.4) is 0 Å². The maximum absolute atomic E-state index is 13.7. The Balaban J connectivity index is 1.71. The van der Waals surface area contributed by atoms with Gasteiger partial charge in [-0.25, -0.2) is 18.7 Å². The van der Waals surface area contributed by atoms with Gasteiger partial charge in [-0.1, -0.05) is 0 Å². The predicted octanol–water partition coefficient (Wildman–Crippen LogP) is 1.90. The molecule has 3 N–H and O–H groups in total. The third-order valence-electron chi connectivity index (χ3n) is 4.18. The summed E-state index contributed by atoms with van der Waals surface area (Å²) in [6.45, 7) is 0. The highest BCUT2D eigenvalue weighted by atomic mass is 19.1. The number of rotatable bonds is 6. The van der Waals surface area contributed by atoms with Crippen LogP contribution < -0.4 is 20.7 Å². The molecule has 1 fully saturated rings. The van der Waals surface area contributed by atoms with Crippen molar-refractivity contribution in [2.75, 3.05) is 24.7 Å². The van der Waals surface area contributed by atoms with Crippen molar-refractivity contribution in [2.45, 2.75) is 18.6 Å². The number of methoxy groups -OCH3 is 1. The highest BCUT2D eigenvalue weighted by molar-refractivity contribution is 6.00. The second kappa shape index (κ2) is 6.91. The molecule has 11 heteroatoms. The number of fused-ring (bicyclic) bond motifs is 1. The zero-order chi connectivity index (χ0) is 22.3. The van der Waals surface area contributed by atoms with Gasteiger partial charge in [-0.2, -0.15) is 9.61 Å². The second-order valence-corrected chi connectivity index (χ2v) is 6.14. The van der Waals surface area contributed by atoms with E-state index in [1.807, 2.05) is 0 Å². The number of aromatic nitrogens is 4. The van der Waals surface area contributed by atoms with E-state index in [2.05, 4.69) is 31.0 Å². The topological polar surface area (TPSA) is 105 Å². The number of ether oxygens (including phenoxy) is 1. The lowest BCUT2D eigenvalue weighted by Crippen LogP contribution is -2.27. The lowest BCUT2D eigenvalue weighted by molar-refractivity contribution is 0.0949. The average molecular weight is 392 g/mol. The minimum atomic E-state index is -2.80. The largest absolute Gasteiger partial charge is 0.480 e. The number of amides is 1. The standard InChI is InChI=1S/C17H17F2N7O2/c1-20-14-5-13(23-12-3-8(18)6-21-17(12)28-2)25-15-9(7-22-26(14)15)16(27)24-11-4-10(11)19/h3,5-7,10-11,20H,4H2,1-2H3,(H,23,25)(H,24,27)/t10-,11+/m1/s1/i2D3. The molecular weight excluding hydrogens is 372 g/mol. The van der Waals surface area contributed by atoms with Crippen molar-refractivity contribution in [2.24, 2.45) is 0 Å². The molecule has 0 spiro atoms. The van der Waals surface area contributed by atoms with E-state index in [4.69, 9.17) is 8.85 Å². The predicted molar refractivity (Wildman–Crippen MR) is 97.3 cm³/mol. The number of pyridine rings is 1. The van der Waals surface area contributed by atoms with Crippen LogP contribution in [0.1, 0.15) is 20.9 Å². The molecule has 1 aliphatic carbocycles. The van der Waals surface area contributed by atoms with Crippen molar-refractivity contribution >= 4 is 28.9 Å². The lowest BCUT2D eigenvalue weighted by atomic mass is 10.3. The van der Waals surface area contributed by atoms with E-state index in [-0.39, 0.29) is 35.0 Å². The van der Waals surface area contributed by atoms with E-state index < -0.39 is 31.0 Å². The van der Waals surface area contributed by atoms with Gasteiger partial charge in [0, 0.05) is 25.6 Å². The summed E-state index contributed by atoms with van der Waals surface area (Å²) in [6.07, 6.45) is 1.30. The lowest BCUT2D eigenvalue weighted by Gasteiger charge is -2.12. The molecule has 0 aliphatic heterocycles. The molecular formula is C17H17F2N7O2. The summed E-state index contributed by atoms with van der Waals surface area (Å²) in [5.74, 6) is -1.08. The summed E-state index contributed by atoms with van der Waals surface area (Å²) in [5, 5.41) is 12.3. The van der Waals surface area contributed by atoms with Gasteiger partial charge in [-0.3, -0.25) is 4.79 Å². The zero-order valence-corrected chi connectivity index (χ0v) is 14.5. The SMILES string of the molecule is [2H]C([2H])([2H])Oc1ncc(F)cc1Nc1cc(NC)n2ncc(C(=O)N[C@H]3C[C@H]3F)c2n1. The maximum atomic E-state index is 13.7. The van der Waals surface area contributed by atoms with Crippen LogP contribution in [-0.2, 0) is 0 Å². The van der Waals surface area contributed by atoms with Crippen LogP contribution in [0.25, 0.3) is 5.65 Å². The van der Waals surface area contributed by atoms with Gasteiger partial charge in [-0.05, 0) is 0 Å². The quantitative estimate of drug-likeness (QED) is 0.588. The molecule has 1 amide bonds. The smallest absolute Gasteiger partial charge is 0.257 e. The Morgan fingerprint density at radius 3 is 2.96 bits per heavy atom. The first-order valence-electron chi connectivity index (χ1n) is 9.77. The molecule has 0 bridgehead atoms. The minimum Gasteiger partial charge on any atom is -0.480 e. The van der Waals surface area contributed by atoms with E-state index in [9.17, 15) is 13.6 Å². The van der Waals surface area contributed by atoms with Gasteiger partial charge >= 0.3 is 0 Å². The fourth-order valence-electron chi connectivity index (χ4n) is 2.66. The summed E-state index contributed by atoms with van der Waals surface area (Å²) in [4.78, 5) is 20.5. The van der Waals surface area contributed by atoms with Crippen molar-refractivity contribution in [3.8, 4) is 5.88 Å². The van der Waals surface area contributed by atoms with Crippen LogP contribution in [0.15, 0.2) is 24.5 Å². The molecule has 4 rings (SSSR count). The molecule has 2 atom stereocenters. The summed E-state index contributed by atoms with van der Waals surface area (Å²) in [6, 6.07) is 1.97. The van der Waals surface area contributed by atoms with Gasteiger partial charge < -0.3 is 20.7 Å². The number of alkyl halides is 1. The first-order chi connectivity index (χ1) is 14.6. The number of halogens is 2. The Kier molecular flexibility index (Phi) is 3.59. The molecule has 0 aromatic carbocycles. The van der Waals surface area contributed by atoms with E-state index in [1.54, 1.807) is 7.05 Å². The van der Waals surface area contributed by atoms with Gasteiger partial charge in [0.2, 0.25) is 5.88 Å². The van der Waals surface area contributed by atoms with E-state index in [0.717, 1.165) is 12.3 Å². The van der Waals surface area contributed by atoms with Gasteiger partial charge in [0.1, 0.15) is 34.9 Å². The number of nitrogens with zero attached hydrogens (tertiary/aromatic N) is 4. The van der Waals surface area contributed by atoms with Crippen molar-refractivity contribution in [3.63, 3.8) is 0 Å². The highest BCUT2D eigenvalue weighted by Gasteiger charge is 2.39. The van der Waals surface area contributed by atoms with E-state index in [1.165, 1.54) is 16.8 Å². The third kappa shape index (κ3) is 3.26. The molecule has 0 unspecified atom stereocenters. The highest BCUT2D eigenvalue weighted by Crippen LogP contribution is 2.28. The molecule has 0 saturated heterocycles. The summed E-state index contributed by atoms with van der Waals surface area (Å²) in [5.41, 5.74) is 0.167. The normalized spacial score (nSPS) is 20.0. The molecule has 28 heavy (non-hydrogen) atoms. The van der Waals surface area contributed by atoms with Crippen molar-refractivity contribution in [3.05, 3.63) is 35.9 Å². The number of carbonyl (C=O) groups is 1. The van der Waals surface area contributed by atoms with Crippen LogP contribution in [0.5, 0.6) is 5.88 Å². The fraction of sp³-hybridized carbons (Fsp3) is 0.294. The maximum Gasteiger partial charge on any atom is 0.257 e. The number of hydrogen-bond donors (Lipinski definition) is 3. The van der Waals surface area contributed by atoms with Crippen LogP contribution in [0.4, 0.5) is 26.1 Å². The van der Waals surface area contributed by atoms with Gasteiger partial charge in [0.25, 0.3) is 5.91 Å². The van der Waals surface area contributed by atoms with E-state index in [0.29, 0.717) is 5.82 Å². The number of nitrogens with one attached hydrogen (secondary N) is 3. The number of hydrogen-bond acceptors (Lipinski definition) is 7. The molecule has 146 valence electrons. The first kappa shape index (κ1) is 14.5. The Morgan fingerprint density at radius 2 is 2.25 bits per heavy atom. The van der Waals surface area contributed by atoms with Crippen LogP contribution in [-0.4, -0.2) is 51.8 Å². The Labute approximate surface area is 162 Å². The average Bonchev–Trinajstić information content (AvgIpc) is 3.20. The Morgan fingerprint density at radius 1 is 1.43 bits per heavy atom. The van der Waals surface area contributed by atoms with Gasteiger partial charge in [0.05, 0.1) is 29.6 Å². The molecule has 9 nitrogen and oxygen atoms in total. The van der Waals surface area contributed by atoms with Crippen molar-refractivity contribution in [1.82, 2.24) is 24.9 Å². The second-order valence-electron chi connectivity index (χ2n) is 6.14. The van der Waals surface area contributed by atoms with Crippen molar-refractivity contribution < 1.29 is 22.4 Å². The van der Waals surface area contributed by atoms with Gasteiger partial charge in [0.15, 0.2) is 5.65 Å². The number of anilines is 3. The summed E-state index contributed by atoms with van der Waals surface area (Å²) in [7, 11) is -1.19. The molecule has 1 aliphatic rings. The Bertz CT molecular complexity index is 1150. The Hall–Kier alpha value is -3.50. The van der Waals surface area contributed by atoms with Crippen LogP contribution in [0, 0.1) is 5.82 Å². The molecule has 3 aromatic heterocycles. The molecule has 3 aromatic rings. The van der Waals surface area contributed by atoms with E-state index >= 15 is 0 Å². The van der Waals surface area contributed by atoms with Gasteiger partial charge in [-0.15, -0.1) is 0 Å². The summed E-state index contributed by atoms with van der Waals surface area (Å²) >= 11 is 0. The van der Waals surface area contributed by atoms with Crippen LogP contribution in [0.2, 0.25) is 0 Å². The fourth-order valence-corrected chi connectivity index (χ4v) is 2.66. The summed E-state index contributed by atoms with van der Waals surface area (Å²) < 4.78 is 54.8. The molecule has 0 radical (unpaired) electrons. The molecule has 1 saturated carbocycles. The number of carbonyl (C=O) groups excluding carboxylic acids is 1. The first-order valence-corrected chi connectivity index (χ1v) is 8.27. The monoisotopic (exact) mass is 392 g/mol. The van der Waals surface area contributed by atoms with Crippen LogP contribution >= 0.6 is 0 Å². The zero-order valence-electron chi connectivity index (χ0n) is 17.5. The third-order valence-corrected chi connectivity index (χ3v) is 4.18. The molecule has 3 heterocycles. The van der Waals surface area contributed by atoms with Crippen molar-refractivity contribution in [1.29, 1.82) is 0 Å². The minimum absolute atomic E-state index is 0.0844.